The van der Waals surface area contributed by atoms with Gasteiger partial charge in [-0.25, -0.2) is 9.37 Å². The third kappa shape index (κ3) is 6.06. The zero-order valence-electron chi connectivity index (χ0n) is 22.4. The molecule has 4 aromatic rings. The van der Waals surface area contributed by atoms with Crippen molar-refractivity contribution < 1.29 is 13.9 Å². The summed E-state index contributed by atoms with van der Waals surface area (Å²) in [5, 5.41) is 19.8. The number of aryl methyl sites for hydroxylation is 1. The molecule has 1 aliphatic rings. The van der Waals surface area contributed by atoms with Crippen molar-refractivity contribution >= 4 is 28.8 Å². The normalized spacial score (nSPS) is 12.9. The number of hydrogen-bond donors (Lipinski definition) is 3. The first-order chi connectivity index (χ1) is 19.6. The molecule has 10 heteroatoms. The summed E-state index contributed by atoms with van der Waals surface area (Å²) in [4.78, 5) is 11.4. The average molecular weight is 540 g/mol. The monoisotopic (exact) mass is 539 g/mol. The number of rotatable bonds is 9. The maximum absolute atomic E-state index is 14.0. The van der Waals surface area contributed by atoms with Gasteiger partial charge >= 0.3 is 0 Å². The van der Waals surface area contributed by atoms with Crippen molar-refractivity contribution in [1.82, 2.24) is 15.3 Å². The summed E-state index contributed by atoms with van der Waals surface area (Å²) in [7, 11) is 1.66. The molecular weight excluding hydrogens is 509 g/mol. The van der Waals surface area contributed by atoms with Crippen LogP contribution in [-0.4, -0.2) is 43.3 Å². The molecule has 0 atom stereocenters. The van der Waals surface area contributed by atoms with Gasteiger partial charge in [-0.2, -0.15) is 10.2 Å². The number of nitrogens with one attached hydrogen (secondary N) is 3. The van der Waals surface area contributed by atoms with Crippen molar-refractivity contribution in [3.63, 3.8) is 0 Å². The van der Waals surface area contributed by atoms with Crippen LogP contribution in [-0.2, 0) is 6.61 Å². The fourth-order valence-electron chi connectivity index (χ4n) is 4.45. The molecule has 0 unspecified atom stereocenters. The number of nitriles is 1. The highest BCUT2D eigenvalue weighted by molar-refractivity contribution is 5.71. The predicted molar refractivity (Wildman–Crippen MR) is 153 cm³/mol. The summed E-state index contributed by atoms with van der Waals surface area (Å²) in [6.45, 7) is 5.58. The van der Waals surface area contributed by atoms with Crippen LogP contribution in [0.2, 0.25) is 0 Å². The molecule has 40 heavy (non-hydrogen) atoms. The topological polar surface area (TPSA) is 107 Å². The van der Waals surface area contributed by atoms with E-state index < -0.39 is 0 Å². The van der Waals surface area contributed by atoms with Crippen LogP contribution in [0.5, 0.6) is 11.5 Å². The van der Waals surface area contributed by atoms with Crippen LogP contribution in [0.15, 0.2) is 66.9 Å². The van der Waals surface area contributed by atoms with Crippen molar-refractivity contribution in [2.24, 2.45) is 0 Å². The first kappa shape index (κ1) is 26.7. The van der Waals surface area contributed by atoms with Gasteiger partial charge in [0.05, 0.1) is 18.5 Å². The highest BCUT2D eigenvalue weighted by Gasteiger charge is 2.16. The van der Waals surface area contributed by atoms with E-state index in [0.717, 1.165) is 48.9 Å². The maximum atomic E-state index is 14.0. The highest BCUT2D eigenvalue weighted by Crippen LogP contribution is 2.33. The predicted octanol–water partition coefficient (Wildman–Crippen LogP) is 5.28. The van der Waals surface area contributed by atoms with E-state index in [2.05, 4.69) is 36.9 Å². The Morgan fingerprint density at radius 2 is 1.88 bits per heavy atom. The Morgan fingerprint density at radius 3 is 2.65 bits per heavy atom. The number of nitrogens with zero attached hydrogens (tertiary/aromatic N) is 4. The molecule has 1 saturated heterocycles. The van der Waals surface area contributed by atoms with Gasteiger partial charge in [0, 0.05) is 55.3 Å². The van der Waals surface area contributed by atoms with Crippen molar-refractivity contribution in [3.05, 3.63) is 89.4 Å². The molecule has 204 valence electrons. The van der Waals surface area contributed by atoms with E-state index in [-0.39, 0.29) is 12.4 Å². The summed E-state index contributed by atoms with van der Waals surface area (Å²) >= 11 is 0. The summed E-state index contributed by atoms with van der Waals surface area (Å²) in [5.74, 6) is 1.67. The van der Waals surface area contributed by atoms with Gasteiger partial charge in [-0.15, -0.1) is 0 Å². The number of halogens is 1. The average Bonchev–Trinajstić information content (AvgIpc) is 2.99. The molecule has 0 aliphatic carbocycles. The Kier molecular flexibility index (Phi) is 8.23. The fourth-order valence-corrected chi connectivity index (χ4v) is 4.45. The Hall–Kier alpha value is -4.88. The van der Waals surface area contributed by atoms with E-state index >= 15 is 0 Å². The second-order valence-electron chi connectivity index (χ2n) is 9.27. The third-order valence-electron chi connectivity index (χ3n) is 6.60. The number of anilines is 5. The van der Waals surface area contributed by atoms with E-state index in [1.165, 1.54) is 6.07 Å². The van der Waals surface area contributed by atoms with Crippen molar-refractivity contribution in [2.75, 3.05) is 48.8 Å². The quantitative estimate of drug-likeness (QED) is 0.262. The van der Waals surface area contributed by atoms with Gasteiger partial charge in [0.15, 0.2) is 0 Å². The minimum absolute atomic E-state index is 0.00229. The molecule has 0 spiro atoms. The number of benzene rings is 3. The van der Waals surface area contributed by atoms with E-state index in [9.17, 15) is 9.65 Å². The van der Waals surface area contributed by atoms with Crippen LogP contribution in [0.1, 0.15) is 16.7 Å². The molecule has 1 fully saturated rings. The van der Waals surface area contributed by atoms with Crippen LogP contribution >= 0.6 is 0 Å². The van der Waals surface area contributed by atoms with Crippen molar-refractivity contribution in [3.8, 4) is 17.6 Å². The lowest BCUT2D eigenvalue weighted by Gasteiger charge is -2.30. The van der Waals surface area contributed by atoms with Gasteiger partial charge in [0.2, 0.25) is 5.95 Å². The summed E-state index contributed by atoms with van der Waals surface area (Å²) in [6.07, 6.45) is 1.70. The maximum Gasteiger partial charge on any atom is 0.229 e. The summed E-state index contributed by atoms with van der Waals surface area (Å²) in [6, 6.07) is 19.7. The van der Waals surface area contributed by atoms with E-state index in [1.807, 2.05) is 25.1 Å². The van der Waals surface area contributed by atoms with Gasteiger partial charge in [0.1, 0.15) is 41.4 Å². The molecule has 9 nitrogen and oxygen atoms in total. The minimum Gasteiger partial charge on any atom is -0.495 e. The standard InChI is InChI=1S/C30H30FN7O2/c1-20-18-34-30(35-22-10-11-26(28(16-22)39-2)38-14-12-33-13-15-38)37-29(20)36-25-8-5-9-27(23(25)17-32)40-19-21-6-3-4-7-24(21)31/h3-11,16,18,33H,12-15,19H2,1-2H3,(H2,34,35,36,37). The molecule has 0 saturated carbocycles. The molecule has 1 aromatic heterocycles. The van der Waals surface area contributed by atoms with Crippen LogP contribution in [0.4, 0.5) is 33.2 Å². The molecule has 3 aromatic carbocycles. The number of hydrogen-bond acceptors (Lipinski definition) is 9. The summed E-state index contributed by atoms with van der Waals surface area (Å²) < 4.78 is 25.5. The molecule has 3 N–H and O–H groups in total. The van der Waals surface area contributed by atoms with Gasteiger partial charge in [-0.1, -0.05) is 24.3 Å². The van der Waals surface area contributed by atoms with E-state index in [0.29, 0.717) is 34.3 Å². The van der Waals surface area contributed by atoms with Crippen molar-refractivity contribution in [2.45, 2.75) is 13.5 Å². The molecule has 0 radical (unpaired) electrons. The zero-order chi connectivity index (χ0) is 27.9. The second kappa shape index (κ2) is 12.3. The van der Waals surface area contributed by atoms with Gasteiger partial charge in [-0.05, 0) is 37.3 Å². The molecular formula is C30H30FN7O2. The van der Waals surface area contributed by atoms with E-state index in [1.54, 1.807) is 49.7 Å². The number of ether oxygens (including phenoxy) is 2. The van der Waals surface area contributed by atoms with Crippen LogP contribution in [0.25, 0.3) is 0 Å². The largest absolute Gasteiger partial charge is 0.495 e. The molecule has 2 heterocycles. The van der Waals surface area contributed by atoms with E-state index in [4.69, 9.17) is 9.47 Å². The lowest BCUT2D eigenvalue weighted by atomic mass is 10.1. The molecule has 5 rings (SSSR count). The Bertz CT molecular complexity index is 1530. The number of piperazine rings is 1. The fraction of sp³-hybridized carbons (Fsp3) is 0.233. The Balaban J connectivity index is 1.34. The first-order valence-corrected chi connectivity index (χ1v) is 13.0. The van der Waals surface area contributed by atoms with Crippen LogP contribution in [0, 0.1) is 24.1 Å². The number of aromatic nitrogens is 2. The molecule has 1 aliphatic heterocycles. The van der Waals surface area contributed by atoms with Gasteiger partial charge in [-0.3, -0.25) is 0 Å². The molecule has 0 amide bonds. The second-order valence-corrected chi connectivity index (χ2v) is 9.27. The smallest absolute Gasteiger partial charge is 0.229 e. The lowest BCUT2D eigenvalue weighted by Crippen LogP contribution is -2.43. The van der Waals surface area contributed by atoms with Gasteiger partial charge in [0.25, 0.3) is 0 Å². The minimum atomic E-state index is -0.358. The van der Waals surface area contributed by atoms with Crippen LogP contribution < -0.4 is 30.3 Å². The Morgan fingerprint density at radius 1 is 1.05 bits per heavy atom. The SMILES string of the molecule is COc1cc(Nc2ncc(C)c(Nc3cccc(OCc4ccccc4F)c3C#N)n2)ccc1N1CCNCC1. The summed E-state index contributed by atoms with van der Waals surface area (Å²) in [5.41, 5.74) is 3.83. The van der Waals surface area contributed by atoms with Crippen molar-refractivity contribution in [1.29, 1.82) is 5.26 Å². The highest BCUT2D eigenvalue weighted by atomic mass is 19.1. The number of methoxy groups -OCH3 is 1. The first-order valence-electron chi connectivity index (χ1n) is 13.0. The Labute approximate surface area is 232 Å². The molecule has 0 bridgehead atoms. The lowest BCUT2D eigenvalue weighted by molar-refractivity contribution is 0.299. The zero-order valence-corrected chi connectivity index (χ0v) is 22.4. The van der Waals surface area contributed by atoms with Gasteiger partial charge < -0.3 is 30.3 Å². The van der Waals surface area contributed by atoms with Crippen LogP contribution in [0.3, 0.4) is 0 Å². The third-order valence-corrected chi connectivity index (χ3v) is 6.60.